The predicted molar refractivity (Wildman–Crippen MR) is 109 cm³/mol. The Bertz CT molecular complexity index is 631. The molecule has 0 fully saturated rings. The molecule has 0 aliphatic carbocycles. The van der Waals surface area contributed by atoms with E-state index in [2.05, 4.69) is 46.5 Å². The second-order valence-corrected chi connectivity index (χ2v) is 6.52. The van der Waals surface area contributed by atoms with Gasteiger partial charge in [0.15, 0.2) is 5.96 Å². The second-order valence-electron chi connectivity index (χ2n) is 5.21. The van der Waals surface area contributed by atoms with Gasteiger partial charge in [-0.3, -0.25) is 4.99 Å². The lowest BCUT2D eigenvalue weighted by Crippen LogP contribution is -2.38. The van der Waals surface area contributed by atoms with Crippen molar-refractivity contribution in [3.63, 3.8) is 0 Å². The van der Waals surface area contributed by atoms with Crippen LogP contribution in [-0.2, 0) is 25.8 Å². The van der Waals surface area contributed by atoms with Gasteiger partial charge in [0.25, 0.3) is 0 Å². The van der Waals surface area contributed by atoms with Gasteiger partial charge in [-0.25, -0.2) is 4.98 Å². The molecular weight excluding hydrogens is 437 g/mol. The maximum Gasteiger partial charge on any atom is 0.191 e. The van der Waals surface area contributed by atoms with Gasteiger partial charge in [0.05, 0.1) is 10.7 Å². The molecule has 2 rings (SSSR count). The third-order valence-electron chi connectivity index (χ3n) is 3.56. The predicted octanol–water partition coefficient (Wildman–Crippen LogP) is 3.09. The maximum atomic E-state index is 5.39. The molecule has 2 heterocycles. The smallest absolute Gasteiger partial charge is 0.191 e. The summed E-state index contributed by atoms with van der Waals surface area (Å²) < 4.78 is 5.39. The minimum atomic E-state index is 0. The zero-order chi connectivity index (χ0) is 16.7. The number of rotatable bonds is 7. The Hall–Kier alpha value is -1.16. The number of aliphatic imine (C=N–C) groups is 1. The number of hydrogen-bond acceptors (Lipinski definition) is 5. The van der Waals surface area contributed by atoms with Crippen molar-refractivity contribution >= 4 is 41.3 Å². The van der Waals surface area contributed by atoms with Crippen LogP contribution in [0, 0.1) is 6.92 Å². The van der Waals surface area contributed by atoms with Crippen molar-refractivity contribution in [1.29, 1.82) is 0 Å². The Kier molecular flexibility index (Phi) is 9.27. The summed E-state index contributed by atoms with van der Waals surface area (Å²) in [6, 6.07) is 0. The summed E-state index contributed by atoms with van der Waals surface area (Å²) in [7, 11) is 1.78. The van der Waals surface area contributed by atoms with Gasteiger partial charge in [0.2, 0.25) is 0 Å². The van der Waals surface area contributed by atoms with Crippen molar-refractivity contribution in [3.05, 3.63) is 33.1 Å². The fraction of sp³-hybridized carbons (Fsp3) is 0.562. The monoisotopic (exact) mass is 463 g/mol. The minimum absolute atomic E-state index is 0. The van der Waals surface area contributed by atoms with E-state index in [1.165, 1.54) is 4.88 Å². The van der Waals surface area contributed by atoms with Crippen LogP contribution in [0.25, 0.3) is 0 Å². The number of nitrogens with zero attached hydrogens (tertiary/aromatic N) is 3. The van der Waals surface area contributed by atoms with Crippen LogP contribution in [0.3, 0.4) is 0 Å². The average molecular weight is 463 g/mol. The summed E-state index contributed by atoms with van der Waals surface area (Å²) >= 11 is 1.74. The van der Waals surface area contributed by atoms with Crippen LogP contribution >= 0.6 is 35.3 Å². The number of aryl methyl sites for hydroxylation is 3. The van der Waals surface area contributed by atoms with Crippen molar-refractivity contribution in [2.24, 2.45) is 4.99 Å². The number of guanidine groups is 1. The molecule has 0 aromatic carbocycles. The molecule has 2 N–H and O–H groups in total. The van der Waals surface area contributed by atoms with Crippen LogP contribution in [0.15, 0.2) is 15.7 Å². The molecule has 0 saturated carbocycles. The van der Waals surface area contributed by atoms with Gasteiger partial charge in [0.1, 0.15) is 5.76 Å². The summed E-state index contributed by atoms with van der Waals surface area (Å²) in [5.41, 5.74) is 2.16. The highest BCUT2D eigenvalue weighted by Gasteiger charge is 2.13. The molecule has 0 radical (unpaired) electrons. The maximum absolute atomic E-state index is 5.39. The van der Waals surface area contributed by atoms with E-state index in [0.29, 0.717) is 6.54 Å². The quantitative estimate of drug-likeness (QED) is 0.375. The van der Waals surface area contributed by atoms with Crippen molar-refractivity contribution in [2.75, 3.05) is 13.6 Å². The Morgan fingerprint density at radius 2 is 2.08 bits per heavy atom. The Morgan fingerprint density at radius 1 is 1.29 bits per heavy atom. The molecule has 134 valence electrons. The topological polar surface area (TPSA) is 75.3 Å². The molecule has 0 aliphatic rings. The Labute approximate surface area is 164 Å². The second kappa shape index (κ2) is 10.7. The van der Waals surface area contributed by atoms with Crippen molar-refractivity contribution < 1.29 is 4.52 Å². The van der Waals surface area contributed by atoms with E-state index in [1.54, 1.807) is 18.4 Å². The van der Waals surface area contributed by atoms with Crippen LogP contribution in [0.5, 0.6) is 0 Å². The van der Waals surface area contributed by atoms with Crippen LogP contribution in [0.1, 0.15) is 40.7 Å². The molecule has 24 heavy (non-hydrogen) atoms. The van der Waals surface area contributed by atoms with E-state index in [0.717, 1.165) is 53.8 Å². The lowest BCUT2D eigenvalue weighted by atomic mass is 10.1. The molecule has 0 atom stereocenters. The van der Waals surface area contributed by atoms with E-state index in [1.807, 2.05) is 6.20 Å². The zero-order valence-corrected chi connectivity index (χ0v) is 17.8. The first kappa shape index (κ1) is 20.9. The molecule has 0 bridgehead atoms. The fourth-order valence-electron chi connectivity index (χ4n) is 2.34. The molecular formula is C16H26IN5OS. The van der Waals surface area contributed by atoms with Gasteiger partial charge in [-0.1, -0.05) is 19.0 Å². The number of nitrogens with one attached hydrogen (secondary N) is 2. The van der Waals surface area contributed by atoms with E-state index < -0.39 is 0 Å². The van der Waals surface area contributed by atoms with Crippen molar-refractivity contribution in [2.45, 2.75) is 46.6 Å². The third-order valence-corrected chi connectivity index (χ3v) is 4.54. The lowest BCUT2D eigenvalue weighted by molar-refractivity contribution is 0.380. The van der Waals surface area contributed by atoms with E-state index in [4.69, 9.17) is 4.52 Å². The molecule has 0 amide bonds. The van der Waals surface area contributed by atoms with E-state index >= 15 is 0 Å². The summed E-state index contributed by atoms with van der Waals surface area (Å²) in [4.78, 5) is 9.87. The Morgan fingerprint density at radius 3 is 2.67 bits per heavy atom. The number of hydrogen-bond donors (Lipinski definition) is 2. The largest absolute Gasteiger partial charge is 0.361 e. The minimum Gasteiger partial charge on any atom is -0.361 e. The highest BCUT2D eigenvalue weighted by Crippen LogP contribution is 2.15. The van der Waals surface area contributed by atoms with Gasteiger partial charge in [-0.15, -0.1) is 35.3 Å². The fourth-order valence-corrected chi connectivity index (χ4v) is 3.12. The molecule has 0 spiro atoms. The first-order valence-corrected chi connectivity index (χ1v) is 8.81. The van der Waals surface area contributed by atoms with Crippen LogP contribution < -0.4 is 10.6 Å². The van der Waals surface area contributed by atoms with E-state index in [-0.39, 0.29) is 24.0 Å². The molecule has 2 aromatic rings. The first-order valence-electron chi connectivity index (χ1n) is 8.00. The summed E-state index contributed by atoms with van der Waals surface area (Å²) in [5.74, 6) is 1.73. The highest BCUT2D eigenvalue weighted by atomic mass is 127. The third kappa shape index (κ3) is 5.73. The van der Waals surface area contributed by atoms with Crippen molar-refractivity contribution in [1.82, 2.24) is 20.8 Å². The van der Waals surface area contributed by atoms with Crippen LogP contribution in [-0.4, -0.2) is 29.7 Å². The molecule has 0 unspecified atom stereocenters. The highest BCUT2D eigenvalue weighted by molar-refractivity contribution is 14.0. The summed E-state index contributed by atoms with van der Waals surface area (Å²) in [6.45, 7) is 7.71. The van der Waals surface area contributed by atoms with Gasteiger partial charge >= 0.3 is 0 Å². The average Bonchev–Trinajstić information content (AvgIpc) is 3.16. The molecule has 0 aliphatic heterocycles. The molecule has 0 saturated heterocycles. The number of aromatic nitrogens is 2. The molecule has 6 nitrogen and oxygen atoms in total. The Balaban J connectivity index is 0.00000288. The van der Waals surface area contributed by atoms with Crippen LogP contribution in [0.4, 0.5) is 0 Å². The van der Waals surface area contributed by atoms with Gasteiger partial charge in [-0.2, -0.15) is 0 Å². The van der Waals surface area contributed by atoms with Gasteiger partial charge in [-0.05, 0) is 13.3 Å². The SMILES string of the molecule is CCc1noc(CC)c1CNC(=NC)NCCc1ncc(C)s1.I. The first-order chi connectivity index (χ1) is 11.2. The van der Waals surface area contributed by atoms with E-state index in [9.17, 15) is 0 Å². The molecule has 2 aromatic heterocycles. The normalized spacial score (nSPS) is 11.2. The van der Waals surface area contributed by atoms with Gasteiger partial charge < -0.3 is 15.2 Å². The van der Waals surface area contributed by atoms with Crippen molar-refractivity contribution in [3.8, 4) is 0 Å². The summed E-state index contributed by atoms with van der Waals surface area (Å²) in [5, 5.41) is 11.9. The van der Waals surface area contributed by atoms with Crippen LogP contribution in [0.2, 0.25) is 0 Å². The zero-order valence-electron chi connectivity index (χ0n) is 14.7. The lowest BCUT2D eigenvalue weighted by Gasteiger charge is -2.11. The molecule has 8 heteroatoms. The summed E-state index contributed by atoms with van der Waals surface area (Å²) in [6.07, 6.45) is 4.53. The number of thiazole rings is 1. The van der Waals surface area contributed by atoms with Gasteiger partial charge in [0, 0.05) is 49.6 Å². The number of halogens is 1. The standard InChI is InChI=1S/C16H25N5OS.HI/c1-5-13-12(14(6-2)22-21-13)10-20-16(17-4)18-8-7-15-19-9-11(3)23-15;/h9H,5-8,10H2,1-4H3,(H2,17,18,20);1H.